The Kier molecular flexibility index (Phi) is 4.61. The van der Waals surface area contributed by atoms with Crippen molar-refractivity contribution in [3.63, 3.8) is 0 Å². The van der Waals surface area contributed by atoms with Gasteiger partial charge in [-0.25, -0.2) is 0 Å². The largest absolute Gasteiger partial charge is 0.347 e. The Balaban J connectivity index is 4.38. The molecule has 0 radical (unpaired) electrons. The number of nitrogens with one attached hydrogen (secondary N) is 1. The summed E-state index contributed by atoms with van der Waals surface area (Å²) in [5.41, 5.74) is 0. The van der Waals surface area contributed by atoms with Gasteiger partial charge in [0.1, 0.15) is 5.78 Å². The van der Waals surface area contributed by atoms with Crippen molar-refractivity contribution in [2.45, 2.75) is 33.0 Å². The third kappa shape index (κ3) is 5.80. The van der Waals surface area contributed by atoms with Gasteiger partial charge in [-0.1, -0.05) is 13.8 Å². The van der Waals surface area contributed by atoms with Gasteiger partial charge < -0.3 is 15.1 Å². The lowest BCUT2D eigenvalue weighted by atomic mass is 10.1. The molecule has 0 bridgehead atoms. The maximum absolute atomic E-state index is 10.9. The molecule has 13 heavy (non-hydrogen) atoms. The molecule has 0 saturated carbocycles. The summed E-state index contributed by atoms with van der Waals surface area (Å²) < 4.78 is 10.9. The topological polar surface area (TPSA) is 86.6 Å². The van der Waals surface area contributed by atoms with E-state index in [-0.39, 0.29) is 12.3 Å². The van der Waals surface area contributed by atoms with Crippen molar-refractivity contribution >= 4 is 13.5 Å². The van der Waals surface area contributed by atoms with Crippen molar-refractivity contribution in [2.75, 3.05) is 0 Å². The smallest absolute Gasteiger partial charge is 0.342 e. The molecule has 78 valence electrons. The number of carbonyl (C=O) groups is 1. The van der Waals surface area contributed by atoms with Crippen LogP contribution in [0.5, 0.6) is 0 Å². The molecule has 0 aromatic rings. The monoisotopic (exact) mass is 209 g/mol. The third-order valence-corrected chi connectivity index (χ3v) is 2.62. The van der Waals surface area contributed by atoms with Crippen molar-refractivity contribution in [1.82, 2.24) is 5.32 Å². The first kappa shape index (κ1) is 12.6. The molecule has 0 unspecified atom stereocenters. The second-order valence-corrected chi connectivity index (χ2v) is 5.24. The zero-order valence-electron chi connectivity index (χ0n) is 8.02. The average Bonchev–Trinajstić information content (AvgIpc) is 1.81. The first-order valence-electron chi connectivity index (χ1n) is 4.05. The van der Waals surface area contributed by atoms with E-state index in [0.29, 0.717) is 0 Å². The first-order valence-corrected chi connectivity index (χ1v) is 5.74. The van der Waals surface area contributed by atoms with Gasteiger partial charge in [0.25, 0.3) is 0 Å². The van der Waals surface area contributed by atoms with E-state index in [1.165, 1.54) is 6.92 Å². The van der Waals surface area contributed by atoms with Crippen LogP contribution >= 0.6 is 7.60 Å². The summed E-state index contributed by atoms with van der Waals surface area (Å²) in [6.07, 6.45) is 0.282. The Labute approximate surface area is 77.7 Å². The van der Waals surface area contributed by atoms with Crippen LogP contribution in [0.3, 0.4) is 0 Å². The van der Waals surface area contributed by atoms with Crippen molar-refractivity contribution < 1.29 is 19.1 Å². The first-order chi connectivity index (χ1) is 5.73. The Morgan fingerprint density at radius 2 is 1.92 bits per heavy atom. The zero-order chi connectivity index (χ0) is 10.6. The van der Waals surface area contributed by atoms with Gasteiger partial charge >= 0.3 is 7.60 Å². The fourth-order valence-corrected chi connectivity index (χ4v) is 2.01. The SMILES string of the molecule is CC(=O)N[C@H](CC(C)C)P(=O)(O)O. The summed E-state index contributed by atoms with van der Waals surface area (Å²) >= 11 is 0. The van der Waals surface area contributed by atoms with Gasteiger partial charge in [-0.15, -0.1) is 0 Å². The molecule has 0 aromatic heterocycles. The predicted molar refractivity (Wildman–Crippen MR) is 49.1 cm³/mol. The van der Waals surface area contributed by atoms with Crippen LogP contribution in [0.25, 0.3) is 0 Å². The normalized spacial score (nSPS) is 14.3. The number of carbonyl (C=O) groups excluding carboxylic acids is 1. The van der Waals surface area contributed by atoms with Crippen molar-refractivity contribution in [1.29, 1.82) is 0 Å². The fraction of sp³-hybridized carbons (Fsp3) is 0.857. The van der Waals surface area contributed by atoms with Crippen LogP contribution in [0, 0.1) is 5.92 Å². The van der Waals surface area contributed by atoms with E-state index >= 15 is 0 Å². The van der Waals surface area contributed by atoms with E-state index in [9.17, 15) is 9.36 Å². The van der Waals surface area contributed by atoms with Crippen LogP contribution in [-0.4, -0.2) is 21.5 Å². The van der Waals surface area contributed by atoms with Gasteiger partial charge in [-0.05, 0) is 12.3 Å². The highest BCUT2D eigenvalue weighted by Gasteiger charge is 2.29. The number of rotatable bonds is 4. The molecule has 0 aliphatic heterocycles. The molecule has 3 N–H and O–H groups in total. The highest BCUT2D eigenvalue weighted by atomic mass is 31.2. The number of hydrogen-bond acceptors (Lipinski definition) is 2. The second kappa shape index (κ2) is 4.74. The molecular formula is C7H16NO4P. The van der Waals surface area contributed by atoms with Crippen LogP contribution < -0.4 is 5.32 Å². The molecule has 0 fully saturated rings. The highest BCUT2D eigenvalue weighted by molar-refractivity contribution is 7.52. The minimum absolute atomic E-state index is 0.129. The Hall–Kier alpha value is -0.380. The number of hydrogen-bond donors (Lipinski definition) is 3. The van der Waals surface area contributed by atoms with E-state index in [1.54, 1.807) is 0 Å². The summed E-state index contributed by atoms with van der Waals surface area (Å²) in [5.74, 6) is -1.34. The fourth-order valence-electron chi connectivity index (χ4n) is 0.961. The highest BCUT2D eigenvalue weighted by Crippen LogP contribution is 2.42. The molecule has 1 amide bonds. The Morgan fingerprint density at radius 3 is 2.15 bits per heavy atom. The average molecular weight is 209 g/mol. The van der Waals surface area contributed by atoms with E-state index in [1.807, 2.05) is 13.8 Å². The van der Waals surface area contributed by atoms with Gasteiger partial charge in [0.05, 0.1) is 0 Å². The van der Waals surface area contributed by atoms with Crippen LogP contribution in [0.1, 0.15) is 27.2 Å². The Bertz CT molecular complexity index is 223. The summed E-state index contributed by atoms with van der Waals surface area (Å²) in [5, 5.41) is 2.25. The maximum atomic E-state index is 10.9. The Morgan fingerprint density at radius 1 is 1.46 bits per heavy atom. The van der Waals surface area contributed by atoms with E-state index in [4.69, 9.17) is 9.79 Å². The predicted octanol–water partition coefficient (Wildman–Crippen LogP) is 0.672. The standard InChI is InChI=1S/C7H16NO4P/c1-5(2)4-7(8-6(3)9)13(10,11)12/h5,7H,4H2,1-3H3,(H,8,9)(H2,10,11,12)/t7-/m0/s1. The van der Waals surface area contributed by atoms with Crippen LogP contribution in [0.4, 0.5) is 0 Å². The maximum Gasteiger partial charge on any atom is 0.347 e. The van der Waals surface area contributed by atoms with Gasteiger partial charge in [0.2, 0.25) is 5.91 Å². The van der Waals surface area contributed by atoms with E-state index < -0.39 is 19.3 Å². The molecule has 1 atom stereocenters. The lowest BCUT2D eigenvalue weighted by molar-refractivity contribution is -0.119. The van der Waals surface area contributed by atoms with Gasteiger partial charge in [0.15, 0.2) is 0 Å². The lowest BCUT2D eigenvalue weighted by Gasteiger charge is -2.20. The van der Waals surface area contributed by atoms with Gasteiger partial charge in [-0.2, -0.15) is 0 Å². The number of amides is 1. The summed E-state index contributed by atoms with van der Waals surface area (Å²) in [4.78, 5) is 28.4. The summed E-state index contributed by atoms with van der Waals surface area (Å²) in [6, 6.07) is 0. The lowest BCUT2D eigenvalue weighted by Crippen LogP contribution is -2.33. The van der Waals surface area contributed by atoms with Crippen LogP contribution in [-0.2, 0) is 9.36 Å². The van der Waals surface area contributed by atoms with E-state index in [2.05, 4.69) is 5.32 Å². The molecule has 0 rings (SSSR count). The molecule has 0 spiro atoms. The molecule has 0 saturated heterocycles. The quantitative estimate of drug-likeness (QED) is 0.594. The molecule has 0 aliphatic carbocycles. The van der Waals surface area contributed by atoms with Gasteiger partial charge in [0, 0.05) is 6.92 Å². The molecule has 0 heterocycles. The van der Waals surface area contributed by atoms with Gasteiger partial charge in [-0.3, -0.25) is 9.36 Å². The molecule has 0 aliphatic rings. The van der Waals surface area contributed by atoms with Crippen molar-refractivity contribution in [3.8, 4) is 0 Å². The minimum Gasteiger partial charge on any atom is -0.342 e. The van der Waals surface area contributed by atoms with Crippen molar-refractivity contribution in [2.24, 2.45) is 5.92 Å². The van der Waals surface area contributed by atoms with Crippen LogP contribution in [0.15, 0.2) is 0 Å². The summed E-state index contributed by atoms with van der Waals surface area (Å²) in [6.45, 7) is 4.91. The van der Waals surface area contributed by atoms with Crippen LogP contribution in [0.2, 0.25) is 0 Å². The van der Waals surface area contributed by atoms with E-state index in [0.717, 1.165) is 0 Å². The summed E-state index contributed by atoms with van der Waals surface area (Å²) in [7, 11) is -4.22. The molecule has 0 aromatic carbocycles. The molecule has 5 nitrogen and oxygen atoms in total. The van der Waals surface area contributed by atoms with Crippen molar-refractivity contribution in [3.05, 3.63) is 0 Å². The third-order valence-electron chi connectivity index (χ3n) is 1.47. The minimum atomic E-state index is -4.22. The second-order valence-electron chi connectivity index (χ2n) is 3.43. The molecular weight excluding hydrogens is 193 g/mol. The zero-order valence-corrected chi connectivity index (χ0v) is 8.91. The molecule has 6 heteroatoms.